The van der Waals surface area contributed by atoms with Crippen LogP contribution >= 0.6 is 0 Å². The Morgan fingerprint density at radius 1 is 0.971 bits per heavy atom. The maximum absolute atomic E-state index is 13.2. The summed E-state index contributed by atoms with van der Waals surface area (Å²) in [6.07, 6.45) is 4.18. The highest BCUT2D eigenvalue weighted by Gasteiger charge is 2.15. The monoisotopic (exact) mass is 457 g/mol. The van der Waals surface area contributed by atoms with Crippen molar-refractivity contribution < 1.29 is 9.18 Å². The standard InChI is InChI=1S/C25H24FN7O/c1-32-23(15-22(31-32)17-4-6-18(26)7-5-17)25(34)29-20-10-8-19(9-11-20)28-24-14-21(16-27-30-24)33-12-2-3-13-33/h4-11,14-16H,2-3,12-13H2,1H3,(H,28,30)(H,29,34). The molecule has 34 heavy (non-hydrogen) atoms. The van der Waals surface area contributed by atoms with E-state index in [1.807, 2.05) is 30.3 Å². The second-order valence-electron chi connectivity index (χ2n) is 8.19. The van der Waals surface area contributed by atoms with Crippen molar-refractivity contribution in [3.05, 3.63) is 78.4 Å². The van der Waals surface area contributed by atoms with Crippen LogP contribution in [-0.4, -0.2) is 39.0 Å². The molecule has 0 atom stereocenters. The molecule has 172 valence electrons. The average molecular weight is 458 g/mol. The van der Waals surface area contributed by atoms with Gasteiger partial charge in [-0.2, -0.15) is 10.2 Å². The molecular weight excluding hydrogens is 433 g/mol. The topological polar surface area (TPSA) is 88.0 Å². The Morgan fingerprint density at radius 3 is 2.41 bits per heavy atom. The number of nitrogens with zero attached hydrogens (tertiary/aromatic N) is 5. The predicted molar refractivity (Wildman–Crippen MR) is 130 cm³/mol. The van der Waals surface area contributed by atoms with Gasteiger partial charge < -0.3 is 15.5 Å². The highest BCUT2D eigenvalue weighted by molar-refractivity contribution is 6.03. The van der Waals surface area contributed by atoms with Gasteiger partial charge >= 0.3 is 0 Å². The van der Waals surface area contributed by atoms with Crippen molar-refractivity contribution in [2.45, 2.75) is 12.8 Å². The maximum Gasteiger partial charge on any atom is 0.273 e. The van der Waals surface area contributed by atoms with Gasteiger partial charge in [0.2, 0.25) is 0 Å². The van der Waals surface area contributed by atoms with Crippen LogP contribution in [0.15, 0.2) is 66.9 Å². The van der Waals surface area contributed by atoms with Crippen LogP contribution < -0.4 is 15.5 Å². The van der Waals surface area contributed by atoms with Crippen molar-refractivity contribution in [1.82, 2.24) is 20.0 Å². The number of hydrogen-bond donors (Lipinski definition) is 2. The maximum atomic E-state index is 13.2. The number of aryl methyl sites for hydroxylation is 1. The molecule has 0 unspecified atom stereocenters. The second-order valence-corrected chi connectivity index (χ2v) is 8.19. The first-order valence-electron chi connectivity index (χ1n) is 11.1. The number of aromatic nitrogens is 4. The lowest BCUT2D eigenvalue weighted by molar-refractivity contribution is 0.101. The summed E-state index contributed by atoms with van der Waals surface area (Å²) in [5.41, 5.74) is 4.29. The van der Waals surface area contributed by atoms with E-state index in [2.05, 4.69) is 30.8 Å². The lowest BCUT2D eigenvalue weighted by atomic mass is 10.1. The SMILES string of the molecule is Cn1nc(-c2ccc(F)cc2)cc1C(=O)Nc1ccc(Nc2cc(N3CCCC3)cnn2)cc1. The summed E-state index contributed by atoms with van der Waals surface area (Å²) in [7, 11) is 1.70. The Hall–Kier alpha value is -4.27. The molecule has 1 saturated heterocycles. The Morgan fingerprint density at radius 2 is 1.68 bits per heavy atom. The van der Waals surface area contributed by atoms with E-state index in [9.17, 15) is 9.18 Å². The van der Waals surface area contributed by atoms with Crippen LogP contribution in [0.2, 0.25) is 0 Å². The van der Waals surface area contributed by atoms with E-state index in [1.54, 1.807) is 31.4 Å². The number of halogens is 1. The second kappa shape index (κ2) is 9.30. The smallest absolute Gasteiger partial charge is 0.273 e. The summed E-state index contributed by atoms with van der Waals surface area (Å²) in [4.78, 5) is 15.1. The summed E-state index contributed by atoms with van der Waals surface area (Å²) in [5.74, 6) is 0.0690. The minimum absolute atomic E-state index is 0.284. The van der Waals surface area contributed by atoms with Gasteiger partial charge in [-0.1, -0.05) is 0 Å². The Bertz CT molecular complexity index is 1300. The number of benzene rings is 2. The number of nitrogens with one attached hydrogen (secondary N) is 2. The van der Waals surface area contributed by atoms with Crippen molar-refractivity contribution in [3.8, 4) is 11.3 Å². The van der Waals surface area contributed by atoms with E-state index in [0.717, 1.165) is 30.0 Å². The minimum Gasteiger partial charge on any atom is -0.370 e. The molecular formula is C25H24FN7O. The van der Waals surface area contributed by atoms with Crippen LogP contribution in [0.4, 0.5) is 27.3 Å². The molecule has 1 aliphatic heterocycles. The molecule has 4 aromatic rings. The molecule has 3 heterocycles. The number of carbonyl (C=O) groups excluding carboxylic acids is 1. The minimum atomic E-state index is -0.318. The molecule has 0 spiro atoms. The van der Waals surface area contributed by atoms with Gasteiger partial charge in [-0.05, 0) is 67.4 Å². The van der Waals surface area contributed by atoms with Gasteiger partial charge in [-0.15, -0.1) is 5.10 Å². The highest BCUT2D eigenvalue weighted by Crippen LogP contribution is 2.24. The normalized spacial score (nSPS) is 13.2. The average Bonchev–Trinajstić information content (AvgIpc) is 3.51. The lowest BCUT2D eigenvalue weighted by Gasteiger charge is -2.17. The number of rotatable bonds is 6. The van der Waals surface area contributed by atoms with E-state index < -0.39 is 0 Å². The number of hydrogen-bond acceptors (Lipinski definition) is 6. The van der Waals surface area contributed by atoms with Crippen LogP contribution in [0.1, 0.15) is 23.3 Å². The highest BCUT2D eigenvalue weighted by atomic mass is 19.1. The van der Waals surface area contributed by atoms with Crippen LogP contribution in [0.3, 0.4) is 0 Å². The lowest BCUT2D eigenvalue weighted by Crippen LogP contribution is -2.18. The zero-order valence-corrected chi connectivity index (χ0v) is 18.7. The van der Waals surface area contributed by atoms with Crippen LogP contribution in [0, 0.1) is 5.82 Å². The first kappa shape index (κ1) is 21.6. The van der Waals surface area contributed by atoms with Gasteiger partial charge in [0.1, 0.15) is 11.5 Å². The van der Waals surface area contributed by atoms with Gasteiger partial charge in [0.05, 0.1) is 17.6 Å². The molecule has 1 aliphatic rings. The fourth-order valence-corrected chi connectivity index (χ4v) is 3.99. The van der Waals surface area contributed by atoms with E-state index in [4.69, 9.17) is 0 Å². The van der Waals surface area contributed by atoms with Gasteiger partial charge in [-0.25, -0.2) is 4.39 Å². The largest absolute Gasteiger partial charge is 0.370 e. The van der Waals surface area contributed by atoms with E-state index >= 15 is 0 Å². The third-order valence-electron chi connectivity index (χ3n) is 5.78. The molecule has 0 aliphatic carbocycles. The molecule has 2 aromatic heterocycles. The van der Waals surface area contributed by atoms with Gasteiger partial charge in [0.15, 0.2) is 5.82 Å². The number of carbonyl (C=O) groups is 1. The first-order valence-corrected chi connectivity index (χ1v) is 11.1. The van der Waals surface area contributed by atoms with Crippen molar-refractivity contribution in [3.63, 3.8) is 0 Å². The van der Waals surface area contributed by atoms with Crippen molar-refractivity contribution >= 4 is 28.8 Å². The molecule has 2 aromatic carbocycles. The molecule has 9 heteroatoms. The zero-order chi connectivity index (χ0) is 23.5. The van der Waals surface area contributed by atoms with Crippen molar-refractivity contribution in [2.75, 3.05) is 28.6 Å². The molecule has 0 radical (unpaired) electrons. The van der Waals surface area contributed by atoms with E-state index in [1.165, 1.54) is 29.7 Å². The molecule has 0 bridgehead atoms. The van der Waals surface area contributed by atoms with Crippen molar-refractivity contribution in [2.24, 2.45) is 7.05 Å². The van der Waals surface area contributed by atoms with Crippen LogP contribution in [-0.2, 0) is 7.05 Å². The van der Waals surface area contributed by atoms with Crippen molar-refractivity contribution in [1.29, 1.82) is 0 Å². The molecule has 0 saturated carbocycles. The first-order chi connectivity index (χ1) is 16.5. The summed E-state index contributed by atoms with van der Waals surface area (Å²) in [6, 6.07) is 17.1. The predicted octanol–water partition coefficient (Wildman–Crippen LogP) is 4.61. The third-order valence-corrected chi connectivity index (χ3v) is 5.78. The molecule has 5 rings (SSSR count). The zero-order valence-electron chi connectivity index (χ0n) is 18.7. The van der Waals surface area contributed by atoms with Crippen LogP contribution in [0.25, 0.3) is 11.3 Å². The van der Waals surface area contributed by atoms with Crippen LogP contribution in [0.5, 0.6) is 0 Å². The Balaban J connectivity index is 1.24. The fourth-order valence-electron chi connectivity index (χ4n) is 3.99. The van der Waals surface area contributed by atoms with E-state index in [-0.39, 0.29) is 11.7 Å². The quantitative estimate of drug-likeness (QED) is 0.440. The summed E-state index contributed by atoms with van der Waals surface area (Å²) in [5, 5.41) is 18.8. The summed E-state index contributed by atoms with van der Waals surface area (Å²) in [6.45, 7) is 2.09. The summed E-state index contributed by atoms with van der Waals surface area (Å²) >= 11 is 0. The Kier molecular flexibility index (Phi) is 5.90. The van der Waals surface area contributed by atoms with E-state index in [0.29, 0.717) is 22.9 Å². The van der Waals surface area contributed by atoms with Gasteiger partial charge in [0, 0.05) is 43.1 Å². The third kappa shape index (κ3) is 4.73. The molecule has 1 fully saturated rings. The fraction of sp³-hybridized carbons (Fsp3) is 0.200. The van der Waals surface area contributed by atoms with Gasteiger partial charge in [0.25, 0.3) is 5.91 Å². The Labute approximate surface area is 196 Å². The summed E-state index contributed by atoms with van der Waals surface area (Å²) < 4.78 is 14.7. The number of amides is 1. The molecule has 1 amide bonds. The molecule has 8 nitrogen and oxygen atoms in total. The number of anilines is 4. The van der Waals surface area contributed by atoms with Gasteiger partial charge in [-0.3, -0.25) is 9.48 Å². The molecule has 2 N–H and O–H groups in total.